The van der Waals surface area contributed by atoms with E-state index in [2.05, 4.69) is 28.5 Å². The summed E-state index contributed by atoms with van der Waals surface area (Å²) in [6.45, 7) is 8.59. The number of nitrogens with zero attached hydrogens (tertiary/aromatic N) is 3. The lowest BCUT2D eigenvalue weighted by Gasteiger charge is -2.33. The number of carbonyl (C=O) groups excluding carboxylic acids is 2. The third-order valence-corrected chi connectivity index (χ3v) is 8.89. The van der Waals surface area contributed by atoms with Gasteiger partial charge in [0, 0.05) is 60.8 Å². The molecule has 0 atom stereocenters. The number of carbonyl (C=O) groups is 2. The fraction of sp³-hybridized carbons (Fsp3) is 0.548. The van der Waals surface area contributed by atoms with E-state index in [0.717, 1.165) is 62.3 Å². The molecule has 3 aliphatic rings. The molecule has 0 unspecified atom stereocenters. The normalized spacial score (nSPS) is 19.3. The zero-order valence-electron chi connectivity index (χ0n) is 22.7. The van der Waals surface area contributed by atoms with Crippen molar-refractivity contribution in [1.29, 1.82) is 0 Å². The highest BCUT2D eigenvalue weighted by Crippen LogP contribution is 2.36. The third-order valence-electron chi connectivity index (χ3n) is 8.89. The molecule has 7 nitrogen and oxygen atoms in total. The molecule has 2 aliphatic heterocycles. The number of benzene rings is 1. The van der Waals surface area contributed by atoms with E-state index in [-0.39, 0.29) is 11.7 Å². The summed E-state index contributed by atoms with van der Waals surface area (Å²) in [4.78, 5) is 30.3. The van der Waals surface area contributed by atoms with Gasteiger partial charge >= 0.3 is 5.97 Å². The van der Waals surface area contributed by atoms with E-state index in [1.54, 1.807) is 13.0 Å². The van der Waals surface area contributed by atoms with Crippen LogP contribution in [-0.2, 0) is 24.2 Å². The highest BCUT2D eigenvalue weighted by molar-refractivity contribution is 5.99. The number of hydrogen-bond donors (Lipinski definition) is 0. The van der Waals surface area contributed by atoms with Crippen molar-refractivity contribution in [3.05, 3.63) is 58.7 Å². The van der Waals surface area contributed by atoms with Crippen LogP contribution in [0.2, 0.25) is 0 Å². The molecule has 7 heteroatoms. The molecule has 3 aromatic rings. The first-order chi connectivity index (χ1) is 18.5. The van der Waals surface area contributed by atoms with E-state index in [1.807, 2.05) is 17.0 Å². The third kappa shape index (κ3) is 4.77. The summed E-state index contributed by atoms with van der Waals surface area (Å²) in [5, 5.41) is 1.18. The van der Waals surface area contributed by atoms with Crippen LogP contribution < -0.4 is 0 Å². The molecule has 1 saturated carbocycles. The number of furan rings is 1. The van der Waals surface area contributed by atoms with E-state index < -0.39 is 5.97 Å². The molecule has 1 saturated heterocycles. The van der Waals surface area contributed by atoms with Crippen LogP contribution in [0.4, 0.5) is 0 Å². The smallest absolute Gasteiger partial charge is 0.374 e. The molecule has 1 aliphatic carbocycles. The summed E-state index contributed by atoms with van der Waals surface area (Å²) in [5.74, 6) is 1.38. The van der Waals surface area contributed by atoms with E-state index in [4.69, 9.17) is 9.15 Å². The first-order valence-corrected chi connectivity index (χ1v) is 14.4. The number of piperidine rings is 1. The van der Waals surface area contributed by atoms with Crippen LogP contribution in [0.1, 0.15) is 90.3 Å². The Kier molecular flexibility index (Phi) is 7.04. The van der Waals surface area contributed by atoms with Crippen LogP contribution in [0.5, 0.6) is 0 Å². The first kappa shape index (κ1) is 25.2. The van der Waals surface area contributed by atoms with Gasteiger partial charge in [0.05, 0.1) is 13.2 Å². The summed E-state index contributed by atoms with van der Waals surface area (Å²) in [6, 6.07) is 10.5. The maximum absolute atomic E-state index is 13.5. The number of fused-ring (bicyclic) bond motifs is 3. The fourth-order valence-electron chi connectivity index (χ4n) is 6.69. The van der Waals surface area contributed by atoms with Crippen LogP contribution in [0.25, 0.3) is 10.9 Å². The van der Waals surface area contributed by atoms with Crippen molar-refractivity contribution in [2.45, 2.75) is 77.9 Å². The van der Waals surface area contributed by atoms with Gasteiger partial charge in [-0.25, -0.2) is 4.79 Å². The zero-order chi connectivity index (χ0) is 26.2. The van der Waals surface area contributed by atoms with Gasteiger partial charge in [-0.15, -0.1) is 0 Å². The number of rotatable bonds is 6. The number of esters is 1. The van der Waals surface area contributed by atoms with Gasteiger partial charge in [0.15, 0.2) is 0 Å². The highest BCUT2D eigenvalue weighted by atomic mass is 16.5. The Labute approximate surface area is 224 Å². The number of likely N-dealkylation sites (tertiary alicyclic amines) is 1. The molecule has 0 spiro atoms. The van der Waals surface area contributed by atoms with E-state index in [0.29, 0.717) is 25.1 Å². The van der Waals surface area contributed by atoms with Gasteiger partial charge in [0.2, 0.25) is 5.76 Å². The predicted octanol–water partition coefficient (Wildman–Crippen LogP) is 5.63. The Hall–Kier alpha value is -3.06. The summed E-state index contributed by atoms with van der Waals surface area (Å²) in [7, 11) is 0. The SMILES string of the molecule is CCOC(=O)c1ccc(Cn2c3c(c4cc(C(=O)N5CCC(C)CC5)ccc42)CN(C2CCCC2)CC3)o1. The van der Waals surface area contributed by atoms with Crippen molar-refractivity contribution in [2.24, 2.45) is 5.92 Å². The van der Waals surface area contributed by atoms with Gasteiger partial charge in [-0.1, -0.05) is 19.8 Å². The molecular weight excluding hydrogens is 478 g/mol. The lowest BCUT2D eigenvalue weighted by molar-refractivity contribution is 0.0487. The molecular formula is C31H39N3O4. The van der Waals surface area contributed by atoms with Crippen molar-refractivity contribution >= 4 is 22.8 Å². The topological polar surface area (TPSA) is 67.9 Å². The van der Waals surface area contributed by atoms with Gasteiger partial charge in [0.1, 0.15) is 5.76 Å². The molecule has 202 valence electrons. The molecule has 0 bridgehead atoms. The van der Waals surface area contributed by atoms with Crippen molar-refractivity contribution in [2.75, 3.05) is 26.2 Å². The van der Waals surface area contributed by atoms with Gasteiger partial charge in [-0.3, -0.25) is 9.69 Å². The van der Waals surface area contributed by atoms with Crippen molar-refractivity contribution in [1.82, 2.24) is 14.4 Å². The Balaban J connectivity index is 1.35. The second-order valence-electron chi connectivity index (χ2n) is 11.4. The van der Waals surface area contributed by atoms with Crippen LogP contribution in [0.15, 0.2) is 34.7 Å². The molecule has 0 radical (unpaired) electrons. The van der Waals surface area contributed by atoms with Gasteiger partial charge in [-0.2, -0.15) is 0 Å². The Morgan fingerprint density at radius 1 is 1.03 bits per heavy atom. The van der Waals surface area contributed by atoms with Crippen LogP contribution in [0, 0.1) is 5.92 Å². The van der Waals surface area contributed by atoms with Crippen molar-refractivity contribution in [3.63, 3.8) is 0 Å². The lowest BCUT2D eigenvalue weighted by Crippen LogP contribution is -2.38. The molecule has 38 heavy (non-hydrogen) atoms. The Bertz CT molecular complexity index is 1320. The molecule has 2 aromatic heterocycles. The number of hydrogen-bond acceptors (Lipinski definition) is 5. The van der Waals surface area contributed by atoms with E-state index >= 15 is 0 Å². The lowest BCUT2D eigenvalue weighted by atomic mass is 9.98. The molecule has 1 amide bonds. The first-order valence-electron chi connectivity index (χ1n) is 14.4. The summed E-state index contributed by atoms with van der Waals surface area (Å²) < 4.78 is 13.3. The molecule has 6 rings (SSSR count). The molecule has 0 N–H and O–H groups in total. The molecule has 2 fully saturated rings. The Morgan fingerprint density at radius 3 is 2.58 bits per heavy atom. The average molecular weight is 518 g/mol. The minimum absolute atomic E-state index is 0.147. The van der Waals surface area contributed by atoms with E-state index in [9.17, 15) is 9.59 Å². The van der Waals surface area contributed by atoms with Crippen LogP contribution in [0.3, 0.4) is 0 Å². The second-order valence-corrected chi connectivity index (χ2v) is 11.4. The minimum Gasteiger partial charge on any atom is -0.460 e. The predicted molar refractivity (Wildman–Crippen MR) is 146 cm³/mol. The number of amides is 1. The number of ether oxygens (including phenoxy) is 1. The zero-order valence-corrected chi connectivity index (χ0v) is 22.7. The number of aromatic nitrogens is 1. The van der Waals surface area contributed by atoms with Gasteiger partial charge in [0.25, 0.3) is 5.91 Å². The monoisotopic (exact) mass is 517 g/mol. The van der Waals surface area contributed by atoms with Gasteiger partial charge in [-0.05, 0) is 74.4 Å². The maximum Gasteiger partial charge on any atom is 0.374 e. The highest BCUT2D eigenvalue weighted by Gasteiger charge is 2.31. The largest absolute Gasteiger partial charge is 0.460 e. The van der Waals surface area contributed by atoms with Crippen molar-refractivity contribution < 1.29 is 18.7 Å². The van der Waals surface area contributed by atoms with E-state index in [1.165, 1.54) is 42.3 Å². The maximum atomic E-state index is 13.5. The van der Waals surface area contributed by atoms with Crippen LogP contribution >= 0.6 is 0 Å². The van der Waals surface area contributed by atoms with Crippen LogP contribution in [-0.4, -0.2) is 58.5 Å². The molecule has 1 aromatic carbocycles. The second kappa shape index (κ2) is 10.6. The Morgan fingerprint density at radius 2 is 1.82 bits per heavy atom. The standard InChI is InChI=1S/C31H39N3O4/c1-3-37-31(36)29-11-9-24(38-29)19-34-27-10-8-22(30(35)32-15-12-21(2)13-16-32)18-25(27)26-20-33(17-14-28(26)34)23-6-4-5-7-23/h8-11,18,21,23H,3-7,12-17,19-20H2,1-2H3. The van der Waals surface area contributed by atoms with Crippen molar-refractivity contribution in [3.8, 4) is 0 Å². The molecule has 4 heterocycles. The summed E-state index contributed by atoms with van der Waals surface area (Å²) in [6.07, 6.45) is 8.34. The summed E-state index contributed by atoms with van der Waals surface area (Å²) in [5.41, 5.74) is 4.57. The minimum atomic E-state index is -0.430. The quantitative estimate of drug-likeness (QED) is 0.396. The van der Waals surface area contributed by atoms with Gasteiger partial charge < -0.3 is 18.6 Å². The average Bonchev–Trinajstić information content (AvgIpc) is 3.69. The fourth-order valence-corrected chi connectivity index (χ4v) is 6.69. The summed E-state index contributed by atoms with van der Waals surface area (Å²) >= 11 is 0.